The minimum Gasteiger partial charge on any atom is -0.444 e. The summed E-state index contributed by atoms with van der Waals surface area (Å²) in [5.41, 5.74) is 4.90. The maximum atomic E-state index is 14.5. The predicted molar refractivity (Wildman–Crippen MR) is 86.0 cm³/mol. The smallest absolute Gasteiger partial charge is 0.410 e. The lowest BCUT2D eigenvalue weighted by atomic mass is 10.0. The number of halogens is 1. The molecule has 2 N–H and O–H groups in total. The van der Waals surface area contributed by atoms with Crippen molar-refractivity contribution in [2.45, 2.75) is 45.0 Å². The molecule has 2 atom stereocenters. The van der Waals surface area contributed by atoms with E-state index in [4.69, 9.17) is 10.5 Å². The van der Waals surface area contributed by atoms with Crippen LogP contribution in [0.1, 0.15) is 27.2 Å². The second-order valence-corrected chi connectivity index (χ2v) is 6.73. The molecule has 1 saturated heterocycles. The monoisotopic (exact) mass is 325 g/mol. The molecule has 0 bridgehead atoms. The third-order valence-corrected chi connectivity index (χ3v) is 3.68. The van der Waals surface area contributed by atoms with E-state index in [1.165, 1.54) is 4.90 Å². The van der Waals surface area contributed by atoms with Crippen molar-refractivity contribution < 1.29 is 13.9 Å². The lowest BCUT2D eigenvalue weighted by molar-refractivity contribution is 0.0106. The molecular weight excluding hydrogens is 301 g/mol. The largest absolute Gasteiger partial charge is 0.444 e. The first-order chi connectivity index (χ1) is 10.7. The molecule has 2 heterocycles. The molecular formula is C15H24FN5O2. The van der Waals surface area contributed by atoms with Crippen molar-refractivity contribution in [3.63, 3.8) is 0 Å². The highest BCUT2D eigenvalue weighted by Gasteiger charge is 2.36. The quantitative estimate of drug-likeness (QED) is 0.893. The van der Waals surface area contributed by atoms with Crippen molar-refractivity contribution in [1.82, 2.24) is 15.1 Å². The molecule has 1 amide bonds. The van der Waals surface area contributed by atoms with Gasteiger partial charge >= 0.3 is 6.09 Å². The Morgan fingerprint density at radius 3 is 2.65 bits per heavy atom. The van der Waals surface area contributed by atoms with E-state index in [2.05, 4.69) is 10.2 Å². The number of rotatable bonds is 2. The summed E-state index contributed by atoms with van der Waals surface area (Å²) in [6, 6.07) is 2.84. The fraction of sp³-hybridized carbons (Fsp3) is 0.667. The van der Waals surface area contributed by atoms with Gasteiger partial charge in [0.2, 0.25) is 0 Å². The zero-order valence-electron chi connectivity index (χ0n) is 14.0. The fourth-order valence-corrected chi connectivity index (χ4v) is 2.51. The van der Waals surface area contributed by atoms with Gasteiger partial charge in [0, 0.05) is 13.6 Å². The molecule has 8 heteroatoms. The van der Waals surface area contributed by atoms with Crippen molar-refractivity contribution in [1.29, 1.82) is 0 Å². The number of alkyl halides is 1. The molecule has 0 aliphatic carbocycles. The maximum absolute atomic E-state index is 14.5. The molecule has 1 aromatic rings. The minimum atomic E-state index is -1.19. The van der Waals surface area contributed by atoms with Crippen molar-refractivity contribution in [2.24, 2.45) is 0 Å². The summed E-state index contributed by atoms with van der Waals surface area (Å²) in [5.74, 6) is 0.908. The van der Waals surface area contributed by atoms with E-state index in [0.29, 0.717) is 24.6 Å². The van der Waals surface area contributed by atoms with Crippen molar-refractivity contribution in [2.75, 3.05) is 30.8 Å². The third-order valence-electron chi connectivity index (χ3n) is 3.68. The first-order valence-electron chi connectivity index (χ1n) is 7.61. The van der Waals surface area contributed by atoms with E-state index >= 15 is 0 Å². The molecule has 0 saturated carbocycles. The Morgan fingerprint density at radius 2 is 2.13 bits per heavy atom. The Bertz CT molecular complexity index is 546. The van der Waals surface area contributed by atoms with Gasteiger partial charge in [0.15, 0.2) is 5.82 Å². The number of carbonyl (C=O) groups excluding carboxylic acids is 1. The SMILES string of the molecule is CN(C(=O)OC(C)(C)C)[C@@H]1CCN(c2ccc(N)nn2)C[C@@H]1F. The molecule has 1 aliphatic heterocycles. The van der Waals surface area contributed by atoms with Crippen LogP contribution in [-0.2, 0) is 4.74 Å². The van der Waals surface area contributed by atoms with Crippen LogP contribution in [0.2, 0.25) is 0 Å². The Hall–Kier alpha value is -2.12. The van der Waals surface area contributed by atoms with Gasteiger partial charge in [-0.1, -0.05) is 0 Å². The van der Waals surface area contributed by atoms with E-state index in [9.17, 15) is 9.18 Å². The van der Waals surface area contributed by atoms with Crippen LogP contribution in [0.4, 0.5) is 20.8 Å². The molecule has 128 valence electrons. The van der Waals surface area contributed by atoms with Gasteiger partial charge < -0.3 is 20.3 Å². The summed E-state index contributed by atoms with van der Waals surface area (Å²) in [4.78, 5) is 15.2. The normalized spacial score (nSPS) is 21.9. The molecule has 0 aromatic carbocycles. The first-order valence-corrected chi connectivity index (χ1v) is 7.61. The van der Waals surface area contributed by atoms with E-state index in [0.717, 1.165) is 0 Å². The lowest BCUT2D eigenvalue weighted by Crippen LogP contribution is -2.54. The second kappa shape index (κ2) is 6.55. The van der Waals surface area contributed by atoms with Crippen molar-refractivity contribution >= 4 is 17.7 Å². The molecule has 1 fully saturated rings. The Balaban J connectivity index is 1.98. The number of aromatic nitrogens is 2. The molecule has 0 spiro atoms. The number of nitrogen functional groups attached to an aromatic ring is 1. The molecule has 1 aromatic heterocycles. The summed E-state index contributed by atoms with van der Waals surface area (Å²) in [7, 11) is 1.57. The van der Waals surface area contributed by atoms with Crippen LogP contribution in [0.5, 0.6) is 0 Å². The van der Waals surface area contributed by atoms with Crippen LogP contribution >= 0.6 is 0 Å². The van der Waals surface area contributed by atoms with Gasteiger partial charge in [-0.3, -0.25) is 0 Å². The first kappa shape index (κ1) is 17.2. The van der Waals surface area contributed by atoms with Crippen molar-refractivity contribution in [3.8, 4) is 0 Å². The van der Waals surface area contributed by atoms with E-state index < -0.39 is 23.9 Å². The average Bonchev–Trinajstić information content (AvgIpc) is 2.45. The maximum Gasteiger partial charge on any atom is 0.410 e. The van der Waals surface area contributed by atoms with Crippen LogP contribution < -0.4 is 10.6 Å². The lowest BCUT2D eigenvalue weighted by Gasteiger charge is -2.39. The van der Waals surface area contributed by atoms with Gasteiger partial charge in [-0.15, -0.1) is 10.2 Å². The minimum absolute atomic E-state index is 0.149. The van der Waals surface area contributed by atoms with Crippen molar-refractivity contribution in [3.05, 3.63) is 12.1 Å². The number of hydrogen-bond acceptors (Lipinski definition) is 6. The predicted octanol–water partition coefficient (Wildman–Crippen LogP) is 1.84. The Labute approximate surface area is 135 Å². The third kappa shape index (κ3) is 4.43. The summed E-state index contributed by atoms with van der Waals surface area (Å²) in [5, 5.41) is 7.75. The van der Waals surface area contributed by atoms with Crippen LogP contribution in [0.25, 0.3) is 0 Å². The highest BCUT2D eigenvalue weighted by Crippen LogP contribution is 2.24. The van der Waals surface area contributed by atoms with E-state index in [1.54, 1.807) is 44.9 Å². The molecule has 0 unspecified atom stereocenters. The van der Waals surface area contributed by atoms with Gasteiger partial charge in [0.1, 0.15) is 17.6 Å². The second-order valence-electron chi connectivity index (χ2n) is 6.73. The zero-order valence-corrected chi connectivity index (χ0v) is 14.0. The van der Waals surface area contributed by atoms with Crippen LogP contribution in [0, 0.1) is 0 Å². The number of nitrogens with two attached hydrogens (primary N) is 1. The number of piperidine rings is 1. The molecule has 1 aliphatic rings. The van der Waals surface area contributed by atoms with Gasteiger partial charge in [-0.25, -0.2) is 9.18 Å². The topological polar surface area (TPSA) is 84.6 Å². The van der Waals surface area contributed by atoms with Crippen LogP contribution in [0.15, 0.2) is 12.1 Å². The fourth-order valence-electron chi connectivity index (χ4n) is 2.51. The molecule has 2 rings (SSSR count). The summed E-state index contributed by atoms with van der Waals surface area (Å²) < 4.78 is 19.8. The molecule has 0 radical (unpaired) electrons. The number of anilines is 2. The van der Waals surface area contributed by atoms with Gasteiger partial charge in [0.05, 0.1) is 12.6 Å². The van der Waals surface area contributed by atoms with E-state index in [-0.39, 0.29) is 6.54 Å². The van der Waals surface area contributed by atoms with Gasteiger partial charge in [-0.2, -0.15) is 0 Å². The standard InChI is InChI=1S/C15H24FN5O2/c1-15(2,3)23-14(22)20(4)11-7-8-21(9-10(11)16)13-6-5-12(17)18-19-13/h5-6,10-11H,7-9H2,1-4H3,(H2,17,18)/t10-,11+/m0/s1. The van der Waals surface area contributed by atoms with E-state index in [1.807, 2.05) is 0 Å². The number of nitrogens with zero attached hydrogens (tertiary/aromatic N) is 4. The summed E-state index contributed by atoms with van der Waals surface area (Å²) in [6.45, 7) is 6.09. The molecule has 23 heavy (non-hydrogen) atoms. The molecule has 7 nitrogen and oxygen atoms in total. The number of ether oxygens (including phenoxy) is 1. The summed E-state index contributed by atoms with van der Waals surface area (Å²) >= 11 is 0. The highest BCUT2D eigenvalue weighted by molar-refractivity contribution is 5.68. The summed E-state index contributed by atoms with van der Waals surface area (Å²) in [6.07, 6.45) is -1.21. The zero-order chi connectivity index (χ0) is 17.2. The highest BCUT2D eigenvalue weighted by atomic mass is 19.1. The van der Waals surface area contributed by atoms with Crippen LogP contribution in [0.3, 0.4) is 0 Å². The Kier molecular flexibility index (Phi) is 4.91. The number of hydrogen-bond donors (Lipinski definition) is 1. The average molecular weight is 325 g/mol. The number of amides is 1. The van der Waals surface area contributed by atoms with Gasteiger partial charge in [-0.05, 0) is 39.3 Å². The van der Waals surface area contributed by atoms with Crippen LogP contribution in [-0.4, -0.2) is 59.1 Å². The van der Waals surface area contributed by atoms with Gasteiger partial charge in [0.25, 0.3) is 0 Å². The number of carbonyl (C=O) groups is 1. The Morgan fingerprint density at radius 1 is 1.43 bits per heavy atom.